The summed E-state index contributed by atoms with van der Waals surface area (Å²) in [5.74, 6) is 0.0362. The van der Waals surface area contributed by atoms with Crippen LogP contribution in [0, 0.1) is 0 Å². The standard InChI is InChI=1S/C9H13NO2.ClH/c11-7-6-8(12)10-9(7)4-2-1-3-5-9;/h1-6H2,(H,10,12);1H. The van der Waals surface area contributed by atoms with Gasteiger partial charge >= 0.3 is 0 Å². The Kier molecular flexibility index (Phi) is 2.96. The van der Waals surface area contributed by atoms with Crippen LogP contribution >= 0.6 is 12.4 Å². The van der Waals surface area contributed by atoms with Crippen LogP contribution in [0.2, 0.25) is 0 Å². The van der Waals surface area contributed by atoms with E-state index < -0.39 is 5.54 Å². The van der Waals surface area contributed by atoms with Gasteiger partial charge in [-0.15, -0.1) is 12.4 Å². The Morgan fingerprint density at radius 3 is 2.15 bits per heavy atom. The Balaban J connectivity index is 0.000000845. The molecule has 4 heteroatoms. The Hall–Kier alpha value is -0.570. The maximum Gasteiger partial charge on any atom is 0.228 e. The number of carbonyl (C=O) groups is 2. The van der Waals surface area contributed by atoms with E-state index in [2.05, 4.69) is 5.32 Å². The molecule has 1 saturated carbocycles. The van der Waals surface area contributed by atoms with Crippen molar-refractivity contribution < 1.29 is 9.59 Å². The van der Waals surface area contributed by atoms with Crippen molar-refractivity contribution in [2.24, 2.45) is 0 Å². The van der Waals surface area contributed by atoms with Gasteiger partial charge in [-0.1, -0.05) is 19.3 Å². The normalized spacial score (nSPS) is 25.5. The second kappa shape index (κ2) is 3.66. The largest absolute Gasteiger partial charge is 0.343 e. The fourth-order valence-corrected chi connectivity index (χ4v) is 2.25. The third-order valence-corrected chi connectivity index (χ3v) is 2.94. The maximum absolute atomic E-state index is 11.5. The molecule has 0 radical (unpaired) electrons. The number of amides is 1. The van der Waals surface area contributed by atoms with Crippen LogP contribution in [0.5, 0.6) is 0 Å². The highest BCUT2D eigenvalue weighted by atomic mass is 35.5. The smallest absolute Gasteiger partial charge is 0.228 e. The predicted octanol–water partition coefficient (Wildman–Crippen LogP) is 1.20. The Labute approximate surface area is 83.7 Å². The van der Waals surface area contributed by atoms with Crippen molar-refractivity contribution in [3.63, 3.8) is 0 Å². The zero-order valence-corrected chi connectivity index (χ0v) is 8.28. The summed E-state index contributed by atoms with van der Waals surface area (Å²) in [6.07, 6.45) is 5.18. The quantitative estimate of drug-likeness (QED) is 0.602. The zero-order valence-electron chi connectivity index (χ0n) is 7.47. The molecular formula is C9H14ClNO2. The highest BCUT2D eigenvalue weighted by Crippen LogP contribution is 2.32. The van der Waals surface area contributed by atoms with Crippen molar-refractivity contribution in [1.82, 2.24) is 5.32 Å². The Morgan fingerprint density at radius 2 is 1.69 bits per heavy atom. The molecule has 1 heterocycles. The molecule has 2 rings (SSSR count). The van der Waals surface area contributed by atoms with Gasteiger partial charge in [0.1, 0.15) is 0 Å². The van der Waals surface area contributed by atoms with E-state index in [-0.39, 0.29) is 30.5 Å². The first-order valence-corrected chi connectivity index (χ1v) is 4.57. The van der Waals surface area contributed by atoms with Crippen LogP contribution in [0.3, 0.4) is 0 Å². The zero-order chi connectivity index (χ0) is 8.60. The predicted molar refractivity (Wildman–Crippen MR) is 50.8 cm³/mol. The lowest BCUT2D eigenvalue weighted by Crippen LogP contribution is -2.47. The average Bonchev–Trinajstić information content (AvgIpc) is 2.29. The minimum absolute atomic E-state index is 0. The van der Waals surface area contributed by atoms with Gasteiger partial charge < -0.3 is 5.32 Å². The van der Waals surface area contributed by atoms with Crippen molar-refractivity contribution in [1.29, 1.82) is 0 Å². The van der Waals surface area contributed by atoms with E-state index >= 15 is 0 Å². The van der Waals surface area contributed by atoms with Gasteiger partial charge in [0.2, 0.25) is 5.91 Å². The lowest BCUT2D eigenvalue weighted by atomic mass is 9.80. The molecule has 0 unspecified atom stereocenters. The summed E-state index contributed by atoms with van der Waals surface area (Å²) in [4.78, 5) is 22.5. The first-order valence-electron chi connectivity index (χ1n) is 4.57. The van der Waals surface area contributed by atoms with Crippen molar-refractivity contribution in [3.8, 4) is 0 Å². The molecular weight excluding hydrogens is 190 g/mol. The monoisotopic (exact) mass is 203 g/mol. The minimum atomic E-state index is -0.435. The van der Waals surface area contributed by atoms with E-state index in [0.29, 0.717) is 0 Å². The number of halogens is 1. The van der Waals surface area contributed by atoms with Crippen LogP contribution < -0.4 is 5.32 Å². The van der Waals surface area contributed by atoms with E-state index in [9.17, 15) is 9.59 Å². The summed E-state index contributed by atoms with van der Waals surface area (Å²) in [7, 11) is 0. The van der Waals surface area contributed by atoms with E-state index in [1.54, 1.807) is 0 Å². The second-order valence-corrected chi connectivity index (χ2v) is 3.79. The molecule has 1 aliphatic heterocycles. The van der Waals surface area contributed by atoms with Crippen LogP contribution in [0.15, 0.2) is 0 Å². The third-order valence-electron chi connectivity index (χ3n) is 2.94. The first-order chi connectivity index (χ1) is 5.73. The molecule has 2 fully saturated rings. The van der Waals surface area contributed by atoms with Crippen LogP contribution in [0.4, 0.5) is 0 Å². The lowest BCUT2D eigenvalue weighted by molar-refractivity contribution is -0.123. The summed E-state index contributed by atoms with van der Waals surface area (Å²) in [6, 6.07) is 0. The number of hydrogen-bond acceptors (Lipinski definition) is 2. The van der Waals surface area contributed by atoms with E-state index in [4.69, 9.17) is 0 Å². The van der Waals surface area contributed by atoms with Crippen LogP contribution in [-0.2, 0) is 9.59 Å². The highest BCUT2D eigenvalue weighted by molar-refractivity contribution is 6.10. The van der Waals surface area contributed by atoms with Crippen LogP contribution in [0.25, 0.3) is 0 Å². The van der Waals surface area contributed by atoms with Gasteiger partial charge in [0.05, 0.1) is 12.0 Å². The molecule has 1 N–H and O–H groups in total. The summed E-state index contributed by atoms with van der Waals surface area (Å²) in [5, 5.41) is 2.83. The van der Waals surface area contributed by atoms with Gasteiger partial charge in [-0.2, -0.15) is 0 Å². The van der Waals surface area contributed by atoms with E-state index in [1.807, 2.05) is 0 Å². The van der Waals surface area contributed by atoms with Gasteiger partial charge in [0.15, 0.2) is 5.78 Å². The van der Waals surface area contributed by atoms with Crippen LogP contribution in [0.1, 0.15) is 38.5 Å². The molecule has 1 amide bonds. The summed E-state index contributed by atoms with van der Waals surface area (Å²) in [5.41, 5.74) is -0.435. The fraction of sp³-hybridized carbons (Fsp3) is 0.778. The van der Waals surface area contributed by atoms with Gasteiger partial charge in [0, 0.05) is 0 Å². The van der Waals surface area contributed by atoms with E-state index in [0.717, 1.165) is 25.7 Å². The van der Waals surface area contributed by atoms with Gasteiger partial charge in [-0.05, 0) is 12.8 Å². The average molecular weight is 204 g/mol. The number of carbonyl (C=O) groups excluding carboxylic acids is 2. The SMILES string of the molecule is Cl.O=C1CC(=O)C2(CCCCC2)N1. The molecule has 1 aliphatic carbocycles. The fourth-order valence-electron chi connectivity index (χ4n) is 2.25. The topological polar surface area (TPSA) is 46.2 Å². The summed E-state index contributed by atoms with van der Waals surface area (Å²) in [6.45, 7) is 0. The third kappa shape index (κ3) is 1.70. The number of rotatable bonds is 0. The Bertz CT molecular complexity index is 234. The highest BCUT2D eigenvalue weighted by Gasteiger charge is 2.45. The van der Waals surface area contributed by atoms with E-state index in [1.165, 1.54) is 6.42 Å². The van der Waals surface area contributed by atoms with Gasteiger partial charge in [-0.3, -0.25) is 9.59 Å². The molecule has 13 heavy (non-hydrogen) atoms. The Morgan fingerprint density at radius 1 is 1.08 bits per heavy atom. The van der Waals surface area contributed by atoms with Gasteiger partial charge in [-0.25, -0.2) is 0 Å². The molecule has 0 aromatic rings. The molecule has 0 atom stereocenters. The van der Waals surface area contributed by atoms with Crippen molar-refractivity contribution in [2.45, 2.75) is 44.1 Å². The van der Waals surface area contributed by atoms with Crippen molar-refractivity contribution >= 4 is 24.1 Å². The summed E-state index contributed by atoms with van der Waals surface area (Å²) < 4.78 is 0. The lowest BCUT2D eigenvalue weighted by Gasteiger charge is -2.31. The maximum atomic E-state index is 11.5. The van der Waals surface area contributed by atoms with Crippen molar-refractivity contribution in [3.05, 3.63) is 0 Å². The molecule has 0 bridgehead atoms. The molecule has 74 valence electrons. The van der Waals surface area contributed by atoms with Gasteiger partial charge in [0.25, 0.3) is 0 Å². The molecule has 1 saturated heterocycles. The first kappa shape index (κ1) is 10.5. The second-order valence-electron chi connectivity index (χ2n) is 3.79. The molecule has 0 aromatic carbocycles. The van der Waals surface area contributed by atoms with Crippen LogP contribution in [-0.4, -0.2) is 17.2 Å². The molecule has 0 aromatic heterocycles. The number of hydrogen-bond donors (Lipinski definition) is 1. The summed E-state index contributed by atoms with van der Waals surface area (Å²) >= 11 is 0. The molecule has 2 aliphatic rings. The molecule has 1 spiro atoms. The minimum Gasteiger partial charge on any atom is -0.343 e. The number of ketones is 1. The molecule has 3 nitrogen and oxygen atoms in total. The van der Waals surface area contributed by atoms with Crippen molar-refractivity contribution in [2.75, 3.05) is 0 Å². The number of nitrogens with one attached hydrogen (secondary N) is 1. The number of Topliss-reactive ketones (excluding diaryl/α,β-unsaturated/α-hetero) is 1.